The molecule has 2 aliphatic rings. The van der Waals surface area contributed by atoms with Gasteiger partial charge >= 0.3 is 6.18 Å². The third-order valence-corrected chi connectivity index (χ3v) is 9.18. The van der Waals surface area contributed by atoms with E-state index in [0.29, 0.717) is 24.1 Å². The number of halogens is 4. The highest BCUT2D eigenvalue weighted by Gasteiger charge is 2.42. The van der Waals surface area contributed by atoms with Gasteiger partial charge in [-0.1, -0.05) is 59.6 Å². The van der Waals surface area contributed by atoms with Crippen LogP contribution < -0.4 is 10.6 Å². The Hall–Kier alpha value is -3.67. The summed E-state index contributed by atoms with van der Waals surface area (Å²) in [5, 5.41) is 10.5. The molecule has 0 saturated carbocycles. The Morgan fingerprint density at radius 1 is 1.07 bits per heavy atom. The first-order valence-electron chi connectivity index (χ1n) is 13.6. The summed E-state index contributed by atoms with van der Waals surface area (Å²) in [6.45, 7) is 3.96. The van der Waals surface area contributed by atoms with Crippen molar-refractivity contribution in [2.75, 3.05) is 4.90 Å². The van der Waals surface area contributed by atoms with E-state index in [1.54, 1.807) is 11.8 Å². The molecule has 1 unspecified atom stereocenters. The molecule has 0 saturated heterocycles. The minimum atomic E-state index is -4.61. The smallest absolute Gasteiger partial charge is 0.384 e. The minimum Gasteiger partial charge on any atom is -0.384 e. The predicted octanol–water partition coefficient (Wildman–Crippen LogP) is 8.71. The van der Waals surface area contributed by atoms with Gasteiger partial charge in [0.05, 0.1) is 33.8 Å². The van der Waals surface area contributed by atoms with Crippen LogP contribution in [0.5, 0.6) is 0 Å². The summed E-state index contributed by atoms with van der Waals surface area (Å²) in [5.74, 6) is 0.684. The minimum absolute atomic E-state index is 0.00337. The molecule has 216 valence electrons. The molecule has 1 atom stereocenters. The number of carbonyl (C=O) groups excluding carboxylic acids is 1. The predicted molar refractivity (Wildman–Crippen MR) is 162 cm³/mol. The number of rotatable bonds is 6. The molecule has 3 aromatic carbocycles. The van der Waals surface area contributed by atoms with Crippen LogP contribution in [-0.4, -0.2) is 5.78 Å². The number of nitrogens with two attached hydrogens (primary N) is 1. The third-order valence-electron chi connectivity index (χ3n) is 7.81. The number of hydrogen-bond donors (Lipinski definition) is 1. The fraction of sp³-hybridized carbons (Fsp3) is 0.273. The molecule has 5 rings (SSSR count). The van der Waals surface area contributed by atoms with Crippen LogP contribution in [0.4, 0.5) is 18.9 Å². The first-order chi connectivity index (χ1) is 20.0. The number of anilines is 1. The SMILES string of the molecule is Cc1cc(CSCc2ccccc2)c(C)c(C2C(C#N)=C(N)N(c3cc(C(F)(F)F)ccc3Cl)C3=C2C(=O)CCC3)c1. The molecule has 4 nitrogen and oxygen atoms in total. The van der Waals surface area contributed by atoms with Crippen molar-refractivity contribution in [2.24, 2.45) is 5.73 Å². The molecule has 0 radical (unpaired) electrons. The molecule has 1 aliphatic heterocycles. The highest BCUT2D eigenvalue weighted by Crippen LogP contribution is 2.49. The Labute approximate surface area is 252 Å². The van der Waals surface area contributed by atoms with E-state index in [1.807, 2.05) is 38.1 Å². The molecule has 0 amide bonds. The van der Waals surface area contributed by atoms with E-state index in [0.717, 1.165) is 45.9 Å². The lowest BCUT2D eigenvalue weighted by Crippen LogP contribution is -2.39. The Bertz CT molecular complexity index is 1660. The quantitative estimate of drug-likeness (QED) is 0.303. The first kappa shape index (κ1) is 29.8. The highest BCUT2D eigenvalue weighted by atomic mass is 35.5. The van der Waals surface area contributed by atoms with Gasteiger partial charge in [0.15, 0.2) is 5.78 Å². The fourth-order valence-corrected chi connectivity index (χ4v) is 7.05. The second kappa shape index (κ2) is 11.9. The molecular formula is C33H29ClF3N3OS. The van der Waals surface area contributed by atoms with Crippen LogP contribution in [-0.2, 0) is 22.5 Å². The van der Waals surface area contributed by atoms with Crippen molar-refractivity contribution in [2.45, 2.75) is 56.7 Å². The van der Waals surface area contributed by atoms with Crippen molar-refractivity contribution in [1.82, 2.24) is 0 Å². The van der Waals surface area contributed by atoms with Crippen LogP contribution in [0.1, 0.15) is 58.6 Å². The Morgan fingerprint density at radius 3 is 2.50 bits per heavy atom. The highest BCUT2D eigenvalue weighted by molar-refractivity contribution is 7.97. The van der Waals surface area contributed by atoms with Crippen LogP contribution in [0.2, 0.25) is 5.02 Å². The van der Waals surface area contributed by atoms with Gasteiger partial charge in [0, 0.05) is 29.2 Å². The number of hydrogen-bond acceptors (Lipinski definition) is 5. The summed E-state index contributed by atoms with van der Waals surface area (Å²) >= 11 is 8.21. The summed E-state index contributed by atoms with van der Waals surface area (Å²) in [4.78, 5) is 15.0. The monoisotopic (exact) mass is 607 g/mol. The zero-order valence-electron chi connectivity index (χ0n) is 23.2. The zero-order chi connectivity index (χ0) is 30.2. The lowest BCUT2D eigenvalue weighted by atomic mass is 9.73. The van der Waals surface area contributed by atoms with Gasteiger partial charge in [0.1, 0.15) is 5.82 Å². The number of aryl methyl sites for hydroxylation is 1. The number of ketones is 1. The number of nitriles is 1. The van der Waals surface area contributed by atoms with Crippen molar-refractivity contribution in [3.63, 3.8) is 0 Å². The molecule has 1 aliphatic carbocycles. The van der Waals surface area contributed by atoms with Gasteiger partial charge in [-0.25, -0.2) is 0 Å². The summed E-state index contributed by atoms with van der Waals surface area (Å²) < 4.78 is 41.0. The van der Waals surface area contributed by atoms with E-state index < -0.39 is 17.7 Å². The molecule has 2 N–H and O–H groups in total. The van der Waals surface area contributed by atoms with Crippen molar-refractivity contribution in [1.29, 1.82) is 5.26 Å². The second-order valence-corrected chi connectivity index (χ2v) is 12.0. The van der Waals surface area contributed by atoms with Crippen molar-refractivity contribution in [3.05, 3.63) is 122 Å². The molecule has 3 aromatic rings. The molecule has 1 heterocycles. The van der Waals surface area contributed by atoms with Gasteiger partial charge in [-0.3, -0.25) is 9.69 Å². The molecule has 42 heavy (non-hydrogen) atoms. The normalized spacial score (nSPS) is 17.4. The average Bonchev–Trinajstić information content (AvgIpc) is 2.95. The molecule has 0 fully saturated rings. The summed E-state index contributed by atoms with van der Waals surface area (Å²) in [6, 6.07) is 19.5. The molecule has 9 heteroatoms. The van der Waals surface area contributed by atoms with E-state index in [1.165, 1.54) is 16.5 Å². The number of thioether (sulfide) groups is 1. The van der Waals surface area contributed by atoms with E-state index in [9.17, 15) is 23.2 Å². The van der Waals surface area contributed by atoms with Crippen LogP contribution in [0.3, 0.4) is 0 Å². The van der Waals surface area contributed by atoms with Gasteiger partial charge in [0.25, 0.3) is 0 Å². The molecule has 0 aromatic heterocycles. The molecule has 0 bridgehead atoms. The molecule has 0 spiro atoms. The number of Topliss-reactive ketones (excluding diaryl/α,β-unsaturated/α-hetero) is 1. The van der Waals surface area contributed by atoms with Gasteiger partial charge in [-0.2, -0.15) is 30.2 Å². The topological polar surface area (TPSA) is 70.1 Å². The van der Waals surface area contributed by atoms with Crippen molar-refractivity contribution >= 4 is 34.8 Å². The van der Waals surface area contributed by atoms with E-state index >= 15 is 0 Å². The maximum Gasteiger partial charge on any atom is 0.416 e. The Morgan fingerprint density at radius 2 is 1.81 bits per heavy atom. The number of benzene rings is 3. The van der Waals surface area contributed by atoms with Gasteiger partial charge in [0.2, 0.25) is 0 Å². The van der Waals surface area contributed by atoms with Gasteiger partial charge in [-0.05, 0) is 67.1 Å². The Kier molecular flexibility index (Phi) is 8.45. The standard InChI is InChI=1S/C33H29ClF3N3OS/c1-19-13-22(18-42-17-21-7-4-3-5-8-21)20(2)24(14-19)30-25(16-38)32(39)40(27-9-6-10-29(41)31(27)30)28-15-23(33(35,36)37)11-12-26(28)34/h3-5,7-8,11-15,30H,6,9-10,17-18,39H2,1-2H3. The number of allylic oxidation sites excluding steroid dienone is 3. The van der Waals surface area contributed by atoms with Crippen molar-refractivity contribution < 1.29 is 18.0 Å². The third kappa shape index (κ3) is 5.68. The summed E-state index contributed by atoms with van der Waals surface area (Å²) in [6.07, 6.45) is -3.40. The lowest BCUT2D eigenvalue weighted by Gasteiger charge is -2.40. The van der Waals surface area contributed by atoms with Crippen LogP contribution in [0, 0.1) is 25.2 Å². The number of carbonyl (C=O) groups is 1. The van der Waals surface area contributed by atoms with E-state index in [-0.39, 0.29) is 34.3 Å². The lowest BCUT2D eigenvalue weighted by molar-refractivity contribution is -0.137. The van der Waals surface area contributed by atoms with Gasteiger partial charge in [-0.15, -0.1) is 0 Å². The average molecular weight is 608 g/mol. The largest absolute Gasteiger partial charge is 0.416 e. The zero-order valence-corrected chi connectivity index (χ0v) is 24.8. The van der Waals surface area contributed by atoms with E-state index in [2.05, 4.69) is 24.3 Å². The summed E-state index contributed by atoms with van der Waals surface area (Å²) in [7, 11) is 0. The van der Waals surface area contributed by atoms with E-state index in [4.69, 9.17) is 17.3 Å². The number of nitrogens with zero attached hydrogens (tertiary/aromatic N) is 2. The summed E-state index contributed by atoms with van der Waals surface area (Å²) in [5.41, 5.74) is 11.8. The van der Waals surface area contributed by atoms with Gasteiger partial charge < -0.3 is 5.73 Å². The first-order valence-corrected chi connectivity index (χ1v) is 15.1. The second-order valence-electron chi connectivity index (χ2n) is 10.6. The molecular weight excluding hydrogens is 579 g/mol. The van der Waals surface area contributed by atoms with Crippen LogP contribution >= 0.6 is 23.4 Å². The maximum atomic E-state index is 13.7. The Balaban J connectivity index is 1.63. The fourth-order valence-electron chi connectivity index (χ4n) is 5.80. The maximum absolute atomic E-state index is 13.7. The van der Waals surface area contributed by atoms with Crippen LogP contribution in [0.15, 0.2) is 83.3 Å². The van der Waals surface area contributed by atoms with Crippen LogP contribution in [0.25, 0.3) is 0 Å². The number of alkyl halides is 3. The van der Waals surface area contributed by atoms with Crippen molar-refractivity contribution in [3.8, 4) is 6.07 Å².